The molecule has 6 heteroatoms. The fraction of sp³-hybridized carbons (Fsp3) is 0.556. The molecule has 0 spiro atoms. The predicted octanol–water partition coefficient (Wildman–Crippen LogP) is 2.79. The second-order valence-electron chi connectivity index (χ2n) is 3.30. The number of hydrogen-bond acceptors (Lipinski definition) is 1. The van der Waals surface area contributed by atoms with Crippen molar-refractivity contribution in [1.29, 1.82) is 0 Å². The molecule has 0 saturated heterocycles. The molecule has 0 aliphatic rings. The largest absolute Gasteiger partial charge is 0.389 e. The van der Waals surface area contributed by atoms with E-state index in [1.54, 1.807) is 29.9 Å². The minimum absolute atomic E-state index is 0. The van der Waals surface area contributed by atoms with Gasteiger partial charge >= 0.3 is 6.18 Å². The van der Waals surface area contributed by atoms with Crippen molar-refractivity contribution < 1.29 is 13.2 Å². The molecule has 0 amide bonds. The van der Waals surface area contributed by atoms with Gasteiger partial charge in [0, 0.05) is 31.4 Å². The maximum Gasteiger partial charge on any atom is 0.389 e. The summed E-state index contributed by atoms with van der Waals surface area (Å²) in [6.45, 7) is 0. The Kier molecular flexibility index (Phi) is 5.17. The number of aryl methyl sites for hydroxylation is 1. The van der Waals surface area contributed by atoms with Crippen LogP contribution in [0, 0.1) is 0 Å². The van der Waals surface area contributed by atoms with Crippen LogP contribution < -0.4 is 5.73 Å². The Morgan fingerprint density at radius 2 is 2.07 bits per heavy atom. The molecule has 0 bridgehead atoms. The van der Waals surface area contributed by atoms with Crippen molar-refractivity contribution in [3.05, 3.63) is 24.0 Å². The number of hydrogen-bond donors (Lipinski definition) is 1. The van der Waals surface area contributed by atoms with Crippen LogP contribution in [0.1, 0.15) is 24.6 Å². The van der Waals surface area contributed by atoms with E-state index in [0.717, 1.165) is 5.69 Å². The van der Waals surface area contributed by atoms with Gasteiger partial charge in [-0.25, -0.2) is 0 Å². The minimum Gasteiger partial charge on any atom is -0.353 e. The van der Waals surface area contributed by atoms with E-state index in [0.29, 0.717) is 0 Å². The number of nitrogens with two attached hydrogens (primary N) is 1. The molecule has 2 N–H and O–H groups in total. The van der Waals surface area contributed by atoms with E-state index < -0.39 is 18.6 Å². The summed E-state index contributed by atoms with van der Waals surface area (Å²) >= 11 is 0. The molecule has 1 heterocycles. The fourth-order valence-corrected chi connectivity index (χ4v) is 1.33. The van der Waals surface area contributed by atoms with Gasteiger partial charge < -0.3 is 10.3 Å². The summed E-state index contributed by atoms with van der Waals surface area (Å²) in [5.74, 6) is 0. The van der Waals surface area contributed by atoms with Gasteiger partial charge in [0.2, 0.25) is 0 Å². The number of nitrogens with zero attached hydrogens (tertiary/aromatic N) is 1. The predicted molar refractivity (Wildman–Crippen MR) is 54.9 cm³/mol. The van der Waals surface area contributed by atoms with Crippen LogP contribution in [0.4, 0.5) is 13.2 Å². The Bertz CT molecular complexity index is 296. The highest BCUT2D eigenvalue weighted by Crippen LogP contribution is 2.26. The minimum atomic E-state index is -4.12. The monoisotopic (exact) mass is 242 g/mol. The highest BCUT2D eigenvalue weighted by atomic mass is 35.5. The molecular weight excluding hydrogens is 229 g/mol. The van der Waals surface area contributed by atoms with Gasteiger partial charge in [-0.2, -0.15) is 13.2 Å². The van der Waals surface area contributed by atoms with Crippen molar-refractivity contribution in [2.45, 2.75) is 25.1 Å². The van der Waals surface area contributed by atoms with Gasteiger partial charge in [0.15, 0.2) is 0 Å². The van der Waals surface area contributed by atoms with Gasteiger partial charge in [-0.05, 0) is 18.6 Å². The van der Waals surface area contributed by atoms with E-state index in [4.69, 9.17) is 5.73 Å². The molecule has 0 aliphatic heterocycles. The molecule has 2 nitrogen and oxygen atoms in total. The first-order chi connectivity index (χ1) is 6.40. The van der Waals surface area contributed by atoms with Crippen LogP contribution in [0.3, 0.4) is 0 Å². The van der Waals surface area contributed by atoms with Crippen molar-refractivity contribution in [2.24, 2.45) is 12.8 Å². The Morgan fingerprint density at radius 1 is 1.47 bits per heavy atom. The summed E-state index contributed by atoms with van der Waals surface area (Å²) in [6.07, 6.45) is -3.26. The number of alkyl halides is 3. The van der Waals surface area contributed by atoms with E-state index in [1.807, 2.05) is 0 Å². The van der Waals surface area contributed by atoms with Crippen molar-refractivity contribution in [2.75, 3.05) is 0 Å². The molecule has 0 unspecified atom stereocenters. The molecule has 0 aliphatic carbocycles. The average molecular weight is 243 g/mol. The molecule has 15 heavy (non-hydrogen) atoms. The number of aromatic nitrogens is 1. The highest BCUT2D eigenvalue weighted by Gasteiger charge is 2.28. The summed E-state index contributed by atoms with van der Waals surface area (Å²) in [6, 6.07) is 2.96. The van der Waals surface area contributed by atoms with E-state index in [2.05, 4.69) is 0 Å². The molecule has 88 valence electrons. The summed E-state index contributed by atoms with van der Waals surface area (Å²) in [4.78, 5) is 0. The van der Waals surface area contributed by atoms with Gasteiger partial charge in [0.25, 0.3) is 0 Å². The van der Waals surface area contributed by atoms with Gasteiger partial charge in [0.05, 0.1) is 0 Å². The molecule has 1 rings (SSSR count). The molecule has 1 aromatic rings. The Balaban J connectivity index is 0.00000196. The van der Waals surface area contributed by atoms with E-state index in [-0.39, 0.29) is 18.8 Å². The fourth-order valence-electron chi connectivity index (χ4n) is 1.33. The van der Waals surface area contributed by atoms with Crippen molar-refractivity contribution in [1.82, 2.24) is 4.57 Å². The van der Waals surface area contributed by atoms with E-state index in [9.17, 15) is 13.2 Å². The van der Waals surface area contributed by atoms with E-state index in [1.165, 1.54) is 0 Å². The van der Waals surface area contributed by atoms with Gasteiger partial charge in [0.1, 0.15) is 0 Å². The van der Waals surface area contributed by atoms with Crippen LogP contribution in [0.2, 0.25) is 0 Å². The van der Waals surface area contributed by atoms with Crippen LogP contribution >= 0.6 is 12.4 Å². The van der Waals surface area contributed by atoms with Crippen LogP contribution in [0.15, 0.2) is 18.3 Å². The normalized spacial score (nSPS) is 13.4. The Morgan fingerprint density at radius 3 is 2.47 bits per heavy atom. The average Bonchev–Trinajstić information content (AvgIpc) is 2.46. The second kappa shape index (κ2) is 5.42. The van der Waals surface area contributed by atoms with Crippen molar-refractivity contribution in [3.63, 3.8) is 0 Å². The lowest BCUT2D eigenvalue weighted by atomic mass is 10.1. The van der Waals surface area contributed by atoms with Crippen LogP contribution in [0.5, 0.6) is 0 Å². The zero-order chi connectivity index (χ0) is 10.8. The van der Waals surface area contributed by atoms with Gasteiger partial charge in [-0.1, -0.05) is 0 Å². The molecule has 1 aromatic heterocycles. The highest BCUT2D eigenvalue weighted by molar-refractivity contribution is 5.85. The quantitative estimate of drug-likeness (QED) is 0.868. The third kappa shape index (κ3) is 4.57. The molecule has 0 aromatic carbocycles. The maximum atomic E-state index is 11.9. The first-order valence-electron chi connectivity index (χ1n) is 4.34. The van der Waals surface area contributed by atoms with Crippen LogP contribution in [-0.2, 0) is 7.05 Å². The summed E-state index contributed by atoms with van der Waals surface area (Å²) < 4.78 is 37.4. The van der Waals surface area contributed by atoms with Crippen molar-refractivity contribution in [3.8, 4) is 0 Å². The third-order valence-corrected chi connectivity index (χ3v) is 2.10. The lowest BCUT2D eigenvalue weighted by molar-refractivity contribution is -0.136. The smallest absolute Gasteiger partial charge is 0.353 e. The lowest BCUT2D eigenvalue weighted by Gasteiger charge is -2.14. The second-order valence-corrected chi connectivity index (χ2v) is 3.30. The molecule has 0 fully saturated rings. The van der Waals surface area contributed by atoms with Crippen LogP contribution in [0.25, 0.3) is 0 Å². The molecule has 1 atom stereocenters. The summed E-state index contributed by atoms with van der Waals surface area (Å²) in [5.41, 5.74) is 6.36. The zero-order valence-electron chi connectivity index (χ0n) is 8.29. The third-order valence-electron chi connectivity index (χ3n) is 2.10. The number of rotatable bonds is 3. The van der Waals surface area contributed by atoms with Gasteiger partial charge in [-0.15, -0.1) is 12.4 Å². The van der Waals surface area contributed by atoms with E-state index >= 15 is 0 Å². The SMILES string of the molecule is Cl.Cn1cccc1[C@H](N)CCC(F)(F)F. The van der Waals surface area contributed by atoms with Crippen LogP contribution in [-0.4, -0.2) is 10.7 Å². The molecular formula is C9H14ClF3N2. The first-order valence-corrected chi connectivity index (χ1v) is 4.34. The standard InChI is InChI=1S/C9H13F3N2.ClH/c1-14-6-2-3-8(14)7(13)4-5-9(10,11)12;/h2-3,6-7H,4-5,13H2,1H3;1H/t7-;/m1./s1. The summed E-state index contributed by atoms with van der Waals surface area (Å²) in [7, 11) is 1.77. The van der Waals surface area contributed by atoms with Gasteiger partial charge in [-0.3, -0.25) is 0 Å². The molecule has 0 saturated carbocycles. The first kappa shape index (κ1) is 14.3. The Hall–Kier alpha value is -0.680. The maximum absolute atomic E-state index is 11.9. The Labute approximate surface area is 92.7 Å². The topological polar surface area (TPSA) is 30.9 Å². The number of halogens is 4. The molecule has 0 radical (unpaired) electrons. The van der Waals surface area contributed by atoms with Crippen molar-refractivity contribution >= 4 is 12.4 Å². The summed E-state index contributed by atoms with van der Waals surface area (Å²) in [5, 5.41) is 0. The lowest BCUT2D eigenvalue weighted by Crippen LogP contribution is -2.17. The zero-order valence-corrected chi connectivity index (χ0v) is 9.11.